The highest BCUT2D eigenvalue weighted by atomic mass is 32.1. The molecule has 0 saturated heterocycles. The molecule has 3 aromatic rings. The highest BCUT2D eigenvalue weighted by molar-refractivity contribution is 7.18. The summed E-state index contributed by atoms with van der Waals surface area (Å²) in [6.45, 7) is 1.83. The van der Waals surface area contributed by atoms with E-state index in [0.717, 1.165) is 20.8 Å². The molecule has 0 radical (unpaired) electrons. The number of aromatic nitrogens is 2. The van der Waals surface area contributed by atoms with Gasteiger partial charge in [-0.2, -0.15) is 0 Å². The summed E-state index contributed by atoms with van der Waals surface area (Å²) in [6, 6.07) is 11.5. The first-order chi connectivity index (χ1) is 10.7. The molecule has 2 heterocycles. The molecule has 1 atom stereocenters. The Morgan fingerprint density at radius 1 is 1.23 bits per heavy atom. The van der Waals surface area contributed by atoms with Gasteiger partial charge >= 0.3 is 5.97 Å². The monoisotopic (exact) mass is 310 g/mol. The van der Waals surface area contributed by atoms with Crippen LogP contribution < -0.4 is 0 Å². The lowest BCUT2D eigenvalue weighted by Gasteiger charge is -2.08. The van der Waals surface area contributed by atoms with E-state index in [4.69, 9.17) is 4.74 Å². The van der Waals surface area contributed by atoms with Crippen LogP contribution in [0.25, 0.3) is 16.3 Å². The summed E-state index contributed by atoms with van der Waals surface area (Å²) in [6.07, 6.45) is 6.10. The molecule has 0 aliphatic heterocycles. The molecule has 1 aromatic carbocycles. The van der Waals surface area contributed by atoms with Gasteiger partial charge in [-0.15, -0.1) is 11.3 Å². The van der Waals surface area contributed by atoms with E-state index in [9.17, 15) is 4.79 Å². The van der Waals surface area contributed by atoms with Gasteiger partial charge in [0.1, 0.15) is 5.01 Å². The zero-order chi connectivity index (χ0) is 15.4. The molecule has 1 unspecified atom stereocenters. The summed E-state index contributed by atoms with van der Waals surface area (Å²) in [5.41, 5.74) is 1.83. The van der Waals surface area contributed by atoms with E-state index in [2.05, 4.69) is 9.97 Å². The fraction of sp³-hybridized carbons (Fsp3) is 0.118. The van der Waals surface area contributed by atoms with Gasteiger partial charge in [-0.1, -0.05) is 12.1 Å². The van der Waals surface area contributed by atoms with Crippen LogP contribution in [0.4, 0.5) is 0 Å². The number of carbonyl (C=O) groups excluding carboxylic acids is 1. The van der Waals surface area contributed by atoms with Crippen molar-refractivity contribution < 1.29 is 9.53 Å². The zero-order valence-electron chi connectivity index (χ0n) is 12.0. The van der Waals surface area contributed by atoms with Gasteiger partial charge in [0.2, 0.25) is 0 Å². The zero-order valence-corrected chi connectivity index (χ0v) is 12.8. The molecule has 0 fully saturated rings. The predicted molar refractivity (Wildman–Crippen MR) is 87.4 cm³/mol. The molecule has 22 heavy (non-hydrogen) atoms. The van der Waals surface area contributed by atoms with Crippen molar-refractivity contribution in [1.82, 2.24) is 9.97 Å². The maximum Gasteiger partial charge on any atom is 0.331 e. The smallest absolute Gasteiger partial charge is 0.331 e. The largest absolute Gasteiger partial charge is 0.452 e. The summed E-state index contributed by atoms with van der Waals surface area (Å²) in [5.74, 6) is -0.386. The van der Waals surface area contributed by atoms with Gasteiger partial charge in [-0.25, -0.2) is 9.78 Å². The van der Waals surface area contributed by atoms with Crippen molar-refractivity contribution in [3.05, 3.63) is 65.4 Å². The minimum Gasteiger partial charge on any atom is -0.452 e. The summed E-state index contributed by atoms with van der Waals surface area (Å²) in [5, 5.41) is 0.798. The molecular formula is C17H14N2O2S. The average Bonchev–Trinajstić information content (AvgIpc) is 2.98. The Morgan fingerprint density at radius 3 is 2.77 bits per heavy atom. The normalized spacial score (nSPS) is 12.6. The third-order valence-corrected chi connectivity index (χ3v) is 4.27. The van der Waals surface area contributed by atoms with Crippen LogP contribution in [0.15, 0.2) is 54.9 Å². The predicted octanol–water partition coefficient (Wildman–Crippen LogP) is 4.01. The van der Waals surface area contributed by atoms with Crippen LogP contribution in [-0.4, -0.2) is 15.9 Å². The lowest BCUT2D eigenvalue weighted by atomic mass is 10.2. The van der Waals surface area contributed by atoms with E-state index in [0.29, 0.717) is 0 Å². The van der Waals surface area contributed by atoms with Crippen molar-refractivity contribution in [2.75, 3.05) is 0 Å². The number of para-hydroxylation sites is 1. The third kappa shape index (κ3) is 3.38. The van der Waals surface area contributed by atoms with E-state index in [1.807, 2.05) is 43.3 Å². The quantitative estimate of drug-likeness (QED) is 0.540. The number of esters is 1. The fourth-order valence-electron chi connectivity index (χ4n) is 1.97. The van der Waals surface area contributed by atoms with Gasteiger partial charge in [0.15, 0.2) is 6.10 Å². The number of hydrogen-bond acceptors (Lipinski definition) is 5. The van der Waals surface area contributed by atoms with Crippen molar-refractivity contribution >= 4 is 33.6 Å². The minimum atomic E-state index is -0.386. The molecule has 0 saturated carbocycles. The number of carbonyl (C=O) groups is 1. The number of fused-ring (bicyclic) bond motifs is 1. The first kappa shape index (κ1) is 14.4. The lowest BCUT2D eigenvalue weighted by molar-refractivity contribution is -0.142. The van der Waals surface area contributed by atoms with E-state index in [1.165, 1.54) is 6.08 Å². The van der Waals surface area contributed by atoms with Crippen molar-refractivity contribution in [3.8, 4) is 0 Å². The number of thiazole rings is 1. The first-order valence-corrected chi connectivity index (χ1v) is 7.68. The molecule has 4 nitrogen and oxygen atoms in total. The second-order valence-corrected chi connectivity index (χ2v) is 5.78. The maximum absolute atomic E-state index is 11.9. The summed E-state index contributed by atoms with van der Waals surface area (Å²) in [7, 11) is 0. The Labute approximate surface area is 132 Å². The Kier molecular flexibility index (Phi) is 4.25. The Morgan fingerprint density at radius 2 is 2.00 bits per heavy atom. The van der Waals surface area contributed by atoms with E-state index in [-0.39, 0.29) is 12.1 Å². The van der Waals surface area contributed by atoms with Crippen LogP contribution >= 0.6 is 11.3 Å². The topological polar surface area (TPSA) is 52.1 Å². The Hall–Kier alpha value is -2.53. The fourth-order valence-corrected chi connectivity index (χ4v) is 2.91. The van der Waals surface area contributed by atoms with Crippen LogP contribution in [-0.2, 0) is 9.53 Å². The van der Waals surface area contributed by atoms with Gasteiger partial charge in [0.25, 0.3) is 0 Å². The number of rotatable bonds is 4. The van der Waals surface area contributed by atoms with Gasteiger partial charge < -0.3 is 4.74 Å². The SMILES string of the molecule is CC(OC(=O)/C=C/c1ccncc1)c1nc2ccccc2s1. The van der Waals surface area contributed by atoms with Gasteiger partial charge in [0, 0.05) is 18.5 Å². The third-order valence-electron chi connectivity index (χ3n) is 3.07. The van der Waals surface area contributed by atoms with Crippen molar-refractivity contribution in [1.29, 1.82) is 0 Å². The standard InChI is InChI=1S/C17H14N2O2S/c1-12(17-19-14-4-2-3-5-15(14)22-17)21-16(20)7-6-13-8-10-18-11-9-13/h2-12H,1H3/b7-6+. The highest BCUT2D eigenvalue weighted by Crippen LogP contribution is 2.27. The number of hydrogen-bond donors (Lipinski definition) is 0. The van der Waals surface area contributed by atoms with Crippen LogP contribution in [0.5, 0.6) is 0 Å². The molecule has 0 N–H and O–H groups in total. The number of ether oxygens (including phenoxy) is 1. The molecule has 3 rings (SSSR count). The Balaban J connectivity index is 1.67. The molecule has 110 valence electrons. The van der Waals surface area contributed by atoms with E-state index < -0.39 is 0 Å². The van der Waals surface area contributed by atoms with E-state index in [1.54, 1.807) is 29.8 Å². The molecule has 0 spiro atoms. The molecule has 0 bridgehead atoms. The molecule has 2 aromatic heterocycles. The first-order valence-electron chi connectivity index (χ1n) is 6.86. The van der Waals surface area contributed by atoms with Crippen LogP contribution in [0, 0.1) is 0 Å². The van der Waals surface area contributed by atoms with Gasteiger partial charge in [0.05, 0.1) is 10.2 Å². The molecule has 0 aliphatic carbocycles. The number of pyridine rings is 1. The van der Waals surface area contributed by atoms with E-state index >= 15 is 0 Å². The Bertz CT molecular complexity index is 779. The van der Waals surface area contributed by atoms with Gasteiger partial charge in [-0.05, 0) is 42.8 Å². The summed E-state index contributed by atoms with van der Waals surface area (Å²) < 4.78 is 6.48. The summed E-state index contributed by atoms with van der Waals surface area (Å²) >= 11 is 1.54. The van der Waals surface area contributed by atoms with Crippen LogP contribution in [0.3, 0.4) is 0 Å². The molecule has 5 heteroatoms. The molecule has 0 aliphatic rings. The van der Waals surface area contributed by atoms with Crippen LogP contribution in [0.2, 0.25) is 0 Å². The second-order valence-electron chi connectivity index (χ2n) is 4.71. The molecular weight excluding hydrogens is 296 g/mol. The second kappa shape index (κ2) is 6.49. The van der Waals surface area contributed by atoms with Crippen LogP contribution in [0.1, 0.15) is 23.6 Å². The van der Waals surface area contributed by atoms with Gasteiger partial charge in [-0.3, -0.25) is 4.98 Å². The highest BCUT2D eigenvalue weighted by Gasteiger charge is 2.14. The van der Waals surface area contributed by atoms with Crippen molar-refractivity contribution in [3.63, 3.8) is 0 Å². The van der Waals surface area contributed by atoms with Crippen molar-refractivity contribution in [2.45, 2.75) is 13.0 Å². The molecule has 0 amide bonds. The summed E-state index contributed by atoms with van der Waals surface area (Å²) in [4.78, 5) is 20.3. The number of nitrogens with zero attached hydrogens (tertiary/aromatic N) is 2. The number of benzene rings is 1. The van der Waals surface area contributed by atoms with Crippen molar-refractivity contribution in [2.24, 2.45) is 0 Å². The minimum absolute atomic E-state index is 0.369. The maximum atomic E-state index is 11.9. The lowest BCUT2D eigenvalue weighted by Crippen LogP contribution is -2.05. The average molecular weight is 310 g/mol.